The molecule has 0 spiro atoms. The number of anilines is 1. The first-order valence-corrected chi connectivity index (χ1v) is 8.49. The van der Waals surface area contributed by atoms with Gasteiger partial charge in [0.15, 0.2) is 6.61 Å². The van der Waals surface area contributed by atoms with Crippen LogP contribution in [0.3, 0.4) is 0 Å². The number of carbonyl (C=O) groups excluding carboxylic acids is 2. The smallest absolute Gasteiger partial charge is 0.338 e. The molecule has 1 amide bonds. The number of benzene rings is 2. The first-order chi connectivity index (χ1) is 11.5. The third kappa shape index (κ3) is 5.11. The Balaban J connectivity index is 1.90. The van der Waals surface area contributed by atoms with Crippen LogP contribution in [0.1, 0.15) is 15.9 Å². The lowest BCUT2D eigenvalue weighted by Crippen LogP contribution is -2.21. The first kappa shape index (κ1) is 18.0. The van der Waals surface area contributed by atoms with Gasteiger partial charge in [0.05, 0.1) is 5.56 Å². The summed E-state index contributed by atoms with van der Waals surface area (Å²) in [5.41, 5.74) is 1.81. The molecular weight excluding hydrogens is 392 g/mol. The van der Waals surface area contributed by atoms with Gasteiger partial charge in [-0.3, -0.25) is 4.79 Å². The molecule has 0 atom stereocenters. The second-order valence-electron chi connectivity index (χ2n) is 4.80. The minimum atomic E-state index is -0.560. The van der Waals surface area contributed by atoms with Crippen LogP contribution in [0, 0.1) is 17.6 Å². The Kier molecular flexibility index (Phi) is 6.41. The second-order valence-corrected chi connectivity index (χ2v) is 6.58. The van der Waals surface area contributed by atoms with E-state index in [0.717, 1.165) is 26.7 Å². The molecule has 0 aliphatic carbocycles. The second kappa shape index (κ2) is 8.52. The molecular formula is C17H13BrN2O3S. The van der Waals surface area contributed by atoms with Gasteiger partial charge in [-0.2, -0.15) is 5.26 Å². The molecule has 0 unspecified atom stereocenters. The maximum Gasteiger partial charge on any atom is 0.338 e. The molecule has 0 heterocycles. The van der Waals surface area contributed by atoms with Gasteiger partial charge in [-0.25, -0.2) is 4.79 Å². The average molecular weight is 405 g/mol. The zero-order valence-corrected chi connectivity index (χ0v) is 15.1. The number of nitrogens with one attached hydrogen (secondary N) is 1. The Morgan fingerprint density at radius 1 is 1.25 bits per heavy atom. The first-order valence-electron chi connectivity index (χ1n) is 6.88. The number of esters is 1. The number of hydrogen-bond donors (Lipinski definition) is 1. The van der Waals surface area contributed by atoms with Gasteiger partial charge in [0.1, 0.15) is 5.40 Å². The third-order valence-electron chi connectivity index (χ3n) is 3.05. The van der Waals surface area contributed by atoms with Gasteiger partial charge in [0.25, 0.3) is 5.91 Å². The average Bonchev–Trinajstić information content (AvgIpc) is 2.56. The van der Waals surface area contributed by atoms with Crippen LogP contribution in [-0.2, 0) is 9.53 Å². The molecule has 7 heteroatoms. The Labute approximate surface area is 152 Å². The standard InChI is InChI=1S/C17H13BrN2O3S/c1-11-8-14(24-10-19)6-7-15(11)20-16(21)9-23-17(22)12-2-4-13(18)5-3-12/h2-8H,9H2,1H3,(H,20,21). The van der Waals surface area contributed by atoms with Crippen LogP contribution in [0.5, 0.6) is 0 Å². The van der Waals surface area contributed by atoms with Crippen molar-refractivity contribution in [3.8, 4) is 5.40 Å². The summed E-state index contributed by atoms with van der Waals surface area (Å²) in [6.07, 6.45) is 0. The van der Waals surface area contributed by atoms with Crippen LogP contribution in [0.15, 0.2) is 51.8 Å². The maximum absolute atomic E-state index is 11.9. The number of thiocyanates is 1. The lowest BCUT2D eigenvalue weighted by Gasteiger charge is -2.10. The van der Waals surface area contributed by atoms with Crippen LogP contribution in [0.25, 0.3) is 0 Å². The van der Waals surface area contributed by atoms with Crippen molar-refractivity contribution in [2.45, 2.75) is 11.8 Å². The van der Waals surface area contributed by atoms with Gasteiger partial charge < -0.3 is 10.1 Å². The van der Waals surface area contributed by atoms with Crippen LogP contribution < -0.4 is 5.32 Å². The van der Waals surface area contributed by atoms with Crippen molar-refractivity contribution in [2.75, 3.05) is 11.9 Å². The molecule has 0 fully saturated rings. The Hall–Kier alpha value is -2.30. The predicted molar refractivity (Wildman–Crippen MR) is 95.7 cm³/mol. The fourth-order valence-electron chi connectivity index (χ4n) is 1.88. The number of aryl methyl sites for hydroxylation is 1. The summed E-state index contributed by atoms with van der Waals surface area (Å²) in [6.45, 7) is 1.45. The van der Waals surface area contributed by atoms with E-state index in [0.29, 0.717) is 11.3 Å². The highest BCUT2D eigenvalue weighted by Gasteiger charge is 2.11. The van der Waals surface area contributed by atoms with Gasteiger partial charge in [-0.1, -0.05) is 15.9 Å². The highest BCUT2D eigenvalue weighted by atomic mass is 79.9. The van der Waals surface area contributed by atoms with E-state index >= 15 is 0 Å². The maximum atomic E-state index is 11.9. The number of nitriles is 1. The lowest BCUT2D eigenvalue weighted by atomic mass is 10.2. The molecule has 0 aliphatic heterocycles. The minimum Gasteiger partial charge on any atom is -0.452 e. The number of amides is 1. The molecule has 0 aliphatic rings. The molecule has 1 N–H and O–H groups in total. The van der Waals surface area contributed by atoms with E-state index in [2.05, 4.69) is 21.2 Å². The Morgan fingerprint density at radius 2 is 1.96 bits per heavy atom. The number of rotatable bonds is 5. The quantitative estimate of drug-likeness (QED) is 0.460. The summed E-state index contributed by atoms with van der Waals surface area (Å²) in [5, 5.41) is 13.3. The number of thioether (sulfide) groups is 1. The van der Waals surface area contributed by atoms with Gasteiger partial charge >= 0.3 is 5.97 Å². The van der Waals surface area contributed by atoms with E-state index in [9.17, 15) is 9.59 Å². The van der Waals surface area contributed by atoms with Gasteiger partial charge in [-0.05, 0) is 66.7 Å². The third-order valence-corrected chi connectivity index (χ3v) is 4.16. The monoisotopic (exact) mass is 404 g/mol. The zero-order chi connectivity index (χ0) is 17.5. The molecule has 0 aromatic heterocycles. The fourth-order valence-corrected chi connectivity index (χ4v) is 2.62. The number of nitrogens with zero attached hydrogens (tertiary/aromatic N) is 1. The topological polar surface area (TPSA) is 79.2 Å². The summed E-state index contributed by atoms with van der Waals surface area (Å²) in [5.74, 6) is -0.987. The number of carbonyl (C=O) groups is 2. The fraction of sp³-hybridized carbons (Fsp3) is 0.118. The summed E-state index contributed by atoms with van der Waals surface area (Å²) in [6, 6.07) is 11.9. The van der Waals surface area contributed by atoms with Crippen LogP contribution in [-0.4, -0.2) is 18.5 Å². The summed E-state index contributed by atoms with van der Waals surface area (Å²) in [7, 11) is 0. The molecule has 2 rings (SSSR count). The number of halogens is 1. The lowest BCUT2D eigenvalue weighted by molar-refractivity contribution is -0.119. The number of hydrogen-bond acceptors (Lipinski definition) is 5. The Morgan fingerprint density at radius 3 is 2.58 bits per heavy atom. The summed E-state index contributed by atoms with van der Waals surface area (Å²) in [4.78, 5) is 24.6. The van der Waals surface area contributed by atoms with Crippen LogP contribution in [0.4, 0.5) is 5.69 Å². The minimum absolute atomic E-state index is 0.372. The van der Waals surface area contributed by atoms with Crippen molar-refractivity contribution in [3.05, 3.63) is 58.1 Å². The van der Waals surface area contributed by atoms with Crippen molar-refractivity contribution >= 4 is 45.3 Å². The van der Waals surface area contributed by atoms with E-state index in [1.54, 1.807) is 42.5 Å². The van der Waals surface area contributed by atoms with E-state index in [4.69, 9.17) is 10.00 Å². The van der Waals surface area contributed by atoms with Crippen molar-refractivity contribution < 1.29 is 14.3 Å². The van der Waals surface area contributed by atoms with Gasteiger partial charge in [0, 0.05) is 15.1 Å². The van der Waals surface area contributed by atoms with Crippen LogP contribution in [0.2, 0.25) is 0 Å². The van der Waals surface area contributed by atoms with E-state index in [1.807, 2.05) is 12.3 Å². The predicted octanol–water partition coefficient (Wildman–Crippen LogP) is 4.13. The highest BCUT2D eigenvalue weighted by molar-refractivity contribution is 9.10. The molecule has 2 aromatic carbocycles. The van der Waals surface area contributed by atoms with Gasteiger partial charge in [0.2, 0.25) is 0 Å². The van der Waals surface area contributed by atoms with E-state index in [1.165, 1.54) is 0 Å². The van der Waals surface area contributed by atoms with Crippen molar-refractivity contribution in [3.63, 3.8) is 0 Å². The highest BCUT2D eigenvalue weighted by Crippen LogP contribution is 2.23. The number of ether oxygens (including phenoxy) is 1. The van der Waals surface area contributed by atoms with Crippen molar-refractivity contribution in [1.29, 1.82) is 5.26 Å². The normalized spacial score (nSPS) is 9.88. The molecule has 24 heavy (non-hydrogen) atoms. The SMILES string of the molecule is Cc1cc(SC#N)ccc1NC(=O)COC(=O)c1ccc(Br)cc1. The van der Waals surface area contributed by atoms with Crippen molar-refractivity contribution in [1.82, 2.24) is 0 Å². The molecule has 0 saturated carbocycles. The molecule has 0 saturated heterocycles. The van der Waals surface area contributed by atoms with E-state index < -0.39 is 11.9 Å². The Bertz CT molecular complexity index is 800. The molecule has 2 aromatic rings. The van der Waals surface area contributed by atoms with Crippen molar-refractivity contribution in [2.24, 2.45) is 0 Å². The van der Waals surface area contributed by atoms with Crippen LogP contribution >= 0.6 is 27.7 Å². The molecule has 5 nitrogen and oxygen atoms in total. The molecule has 0 radical (unpaired) electrons. The van der Waals surface area contributed by atoms with Gasteiger partial charge in [-0.15, -0.1) is 0 Å². The summed E-state index contributed by atoms with van der Waals surface area (Å²) < 4.78 is 5.84. The molecule has 0 bridgehead atoms. The van der Waals surface area contributed by atoms with E-state index in [-0.39, 0.29) is 6.61 Å². The molecule has 122 valence electrons. The zero-order valence-electron chi connectivity index (χ0n) is 12.7. The largest absolute Gasteiger partial charge is 0.452 e. The summed E-state index contributed by atoms with van der Waals surface area (Å²) >= 11 is 4.33.